The zero-order valence-electron chi connectivity index (χ0n) is 10.5. The van der Waals surface area contributed by atoms with E-state index in [4.69, 9.17) is 11.1 Å². The van der Waals surface area contributed by atoms with Crippen LogP contribution in [0.1, 0.15) is 18.1 Å². The zero-order valence-corrected chi connectivity index (χ0v) is 11.3. The van der Waals surface area contributed by atoms with E-state index in [1.54, 1.807) is 10.6 Å². The average molecular weight is 277 g/mol. The second-order valence-corrected chi connectivity index (χ2v) is 4.90. The molecule has 0 atom stereocenters. The van der Waals surface area contributed by atoms with Gasteiger partial charge in [-0.05, 0) is 18.6 Å². The van der Waals surface area contributed by atoms with Crippen LogP contribution in [0.25, 0.3) is 0 Å². The molecule has 6 nitrogen and oxygen atoms in total. The van der Waals surface area contributed by atoms with Crippen LogP contribution in [0.3, 0.4) is 0 Å². The molecule has 1 heterocycles. The number of amidine groups is 1. The van der Waals surface area contributed by atoms with E-state index in [1.807, 2.05) is 25.1 Å². The molecule has 0 unspecified atom stereocenters. The fourth-order valence-electron chi connectivity index (χ4n) is 1.67. The molecule has 0 aliphatic carbocycles. The van der Waals surface area contributed by atoms with Gasteiger partial charge in [0.1, 0.15) is 5.84 Å². The third kappa shape index (κ3) is 3.05. The first-order valence-electron chi connectivity index (χ1n) is 5.83. The highest BCUT2D eigenvalue weighted by atomic mass is 32.2. The van der Waals surface area contributed by atoms with Crippen LogP contribution in [0.15, 0.2) is 34.2 Å². The maximum atomic E-state index is 11.4. The summed E-state index contributed by atoms with van der Waals surface area (Å²) in [6.07, 6.45) is 0. The molecule has 0 radical (unpaired) electrons. The summed E-state index contributed by atoms with van der Waals surface area (Å²) in [6.45, 7) is 2.49. The van der Waals surface area contributed by atoms with Gasteiger partial charge in [-0.15, -0.1) is 5.10 Å². The van der Waals surface area contributed by atoms with Crippen LogP contribution in [0.2, 0.25) is 0 Å². The summed E-state index contributed by atoms with van der Waals surface area (Å²) in [6, 6.07) is 7.49. The van der Waals surface area contributed by atoms with E-state index in [9.17, 15) is 4.79 Å². The molecule has 7 heteroatoms. The smallest absolute Gasteiger partial charge is 0.343 e. The third-order valence-electron chi connectivity index (χ3n) is 2.65. The highest BCUT2D eigenvalue weighted by molar-refractivity contribution is 7.98. The third-order valence-corrected chi connectivity index (χ3v) is 3.69. The van der Waals surface area contributed by atoms with E-state index in [0.717, 1.165) is 5.56 Å². The molecule has 0 fully saturated rings. The van der Waals surface area contributed by atoms with Gasteiger partial charge in [0, 0.05) is 17.9 Å². The molecule has 100 valence electrons. The molecule has 0 aliphatic rings. The molecule has 0 spiro atoms. The second kappa shape index (κ2) is 5.75. The minimum atomic E-state index is -0.192. The summed E-state index contributed by atoms with van der Waals surface area (Å²) < 4.78 is 1.58. The summed E-state index contributed by atoms with van der Waals surface area (Å²) in [4.78, 5) is 11.4. The van der Waals surface area contributed by atoms with Crippen LogP contribution in [-0.2, 0) is 12.3 Å². The number of thioether (sulfide) groups is 1. The van der Waals surface area contributed by atoms with Crippen LogP contribution < -0.4 is 11.4 Å². The molecular weight excluding hydrogens is 262 g/mol. The van der Waals surface area contributed by atoms with E-state index in [2.05, 4.69) is 10.2 Å². The number of nitrogen functional groups attached to an aromatic ring is 1. The van der Waals surface area contributed by atoms with Gasteiger partial charge < -0.3 is 5.73 Å². The monoisotopic (exact) mass is 277 g/mol. The molecular formula is C12H15N5OS. The summed E-state index contributed by atoms with van der Waals surface area (Å²) in [7, 11) is 0. The van der Waals surface area contributed by atoms with Crippen molar-refractivity contribution in [3.8, 4) is 0 Å². The molecule has 0 saturated heterocycles. The van der Waals surface area contributed by atoms with Gasteiger partial charge in [-0.3, -0.25) is 9.98 Å². The number of nitrogens with zero attached hydrogens (tertiary/aromatic N) is 2. The van der Waals surface area contributed by atoms with Gasteiger partial charge in [0.15, 0.2) is 5.16 Å². The van der Waals surface area contributed by atoms with Gasteiger partial charge in [-0.1, -0.05) is 30.0 Å². The Bertz CT molecular complexity index is 646. The molecule has 0 amide bonds. The summed E-state index contributed by atoms with van der Waals surface area (Å²) in [5.74, 6) is 0.725. The van der Waals surface area contributed by atoms with Crippen LogP contribution in [0, 0.1) is 5.41 Å². The second-order valence-electron chi connectivity index (χ2n) is 3.96. The number of nitrogens with two attached hydrogens (primary N) is 1. The highest BCUT2D eigenvalue weighted by Crippen LogP contribution is 2.20. The van der Waals surface area contributed by atoms with E-state index in [1.165, 1.54) is 11.8 Å². The summed E-state index contributed by atoms with van der Waals surface area (Å²) >= 11 is 1.48. The fourth-order valence-corrected chi connectivity index (χ4v) is 2.62. The summed E-state index contributed by atoms with van der Waals surface area (Å²) in [5, 5.41) is 14.5. The first kappa shape index (κ1) is 13.4. The molecule has 0 saturated carbocycles. The molecule has 1 aromatic carbocycles. The molecule has 0 bridgehead atoms. The lowest BCUT2D eigenvalue weighted by Crippen LogP contribution is -2.16. The molecule has 2 aromatic rings. The minimum absolute atomic E-state index is 0.0529. The Morgan fingerprint density at radius 3 is 3.05 bits per heavy atom. The van der Waals surface area contributed by atoms with Gasteiger partial charge in [0.25, 0.3) is 0 Å². The van der Waals surface area contributed by atoms with E-state index < -0.39 is 0 Å². The van der Waals surface area contributed by atoms with Crippen molar-refractivity contribution in [1.82, 2.24) is 14.8 Å². The maximum Gasteiger partial charge on any atom is 0.343 e. The number of rotatable bonds is 5. The normalized spacial score (nSPS) is 10.6. The Morgan fingerprint density at radius 1 is 1.58 bits per heavy atom. The number of H-pyrrole nitrogens is 1. The van der Waals surface area contributed by atoms with Crippen LogP contribution in [0.5, 0.6) is 0 Å². The van der Waals surface area contributed by atoms with Crippen molar-refractivity contribution in [3.05, 3.63) is 45.9 Å². The lowest BCUT2D eigenvalue weighted by molar-refractivity contribution is 0.660. The van der Waals surface area contributed by atoms with Crippen molar-refractivity contribution in [2.24, 2.45) is 5.73 Å². The first-order chi connectivity index (χ1) is 9.11. The van der Waals surface area contributed by atoms with Gasteiger partial charge in [0.05, 0.1) is 0 Å². The molecule has 1 aromatic heterocycles. The van der Waals surface area contributed by atoms with E-state index in [-0.39, 0.29) is 11.5 Å². The SMILES string of the molecule is CCn1c(SCc2cccc(C(=N)N)c2)n[nH]c1=O. The van der Waals surface area contributed by atoms with Crippen molar-refractivity contribution < 1.29 is 0 Å². The van der Waals surface area contributed by atoms with E-state index >= 15 is 0 Å². The van der Waals surface area contributed by atoms with Gasteiger partial charge >= 0.3 is 5.69 Å². The van der Waals surface area contributed by atoms with Crippen molar-refractivity contribution in [3.63, 3.8) is 0 Å². The Balaban J connectivity index is 2.12. The number of nitrogens with one attached hydrogen (secondary N) is 2. The average Bonchev–Trinajstić information content (AvgIpc) is 2.77. The fraction of sp³-hybridized carbons (Fsp3) is 0.250. The molecule has 4 N–H and O–H groups in total. The number of aromatic nitrogens is 3. The van der Waals surface area contributed by atoms with Gasteiger partial charge in [-0.2, -0.15) is 0 Å². The Labute approximate surface area is 114 Å². The quantitative estimate of drug-likeness (QED) is 0.434. The standard InChI is InChI=1S/C12H15N5OS/c1-2-17-11(18)15-16-12(17)19-7-8-4-3-5-9(6-8)10(13)14/h3-6H,2,7H2,1H3,(H3,13,14)(H,15,18). The molecule has 0 aliphatic heterocycles. The van der Waals surface area contributed by atoms with Crippen molar-refractivity contribution in [1.29, 1.82) is 5.41 Å². The lowest BCUT2D eigenvalue weighted by Gasteiger charge is -2.04. The minimum Gasteiger partial charge on any atom is -0.384 e. The number of hydrogen-bond donors (Lipinski definition) is 3. The van der Waals surface area contributed by atoms with Crippen LogP contribution >= 0.6 is 11.8 Å². The van der Waals surface area contributed by atoms with Crippen molar-refractivity contribution >= 4 is 17.6 Å². The predicted octanol–water partition coefficient (Wildman–Crippen LogP) is 1.17. The van der Waals surface area contributed by atoms with Crippen molar-refractivity contribution in [2.45, 2.75) is 24.4 Å². The van der Waals surface area contributed by atoms with Gasteiger partial charge in [0.2, 0.25) is 0 Å². The topological polar surface area (TPSA) is 101 Å². The summed E-state index contributed by atoms with van der Waals surface area (Å²) in [5.41, 5.74) is 7.00. The highest BCUT2D eigenvalue weighted by Gasteiger charge is 2.07. The van der Waals surface area contributed by atoms with Crippen molar-refractivity contribution in [2.75, 3.05) is 0 Å². The van der Waals surface area contributed by atoms with Crippen LogP contribution in [0.4, 0.5) is 0 Å². The number of aromatic amines is 1. The number of benzene rings is 1. The Hall–Kier alpha value is -2.02. The lowest BCUT2D eigenvalue weighted by atomic mass is 10.1. The Kier molecular flexibility index (Phi) is 4.06. The predicted molar refractivity (Wildman–Crippen MR) is 75.5 cm³/mol. The maximum absolute atomic E-state index is 11.4. The first-order valence-corrected chi connectivity index (χ1v) is 6.81. The van der Waals surface area contributed by atoms with Crippen LogP contribution in [-0.4, -0.2) is 20.6 Å². The largest absolute Gasteiger partial charge is 0.384 e. The Morgan fingerprint density at radius 2 is 2.37 bits per heavy atom. The molecule has 19 heavy (non-hydrogen) atoms. The number of hydrogen-bond acceptors (Lipinski definition) is 4. The zero-order chi connectivity index (χ0) is 13.8. The van der Waals surface area contributed by atoms with Gasteiger partial charge in [-0.25, -0.2) is 9.89 Å². The van der Waals surface area contributed by atoms with E-state index in [0.29, 0.717) is 23.0 Å². The molecule has 2 rings (SSSR count).